The first-order chi connectivity index (χ1) is 10.8. The second-order valence-electron chi connectivity index (χ2n) is 5.45. The van der Waals surface area contributed by atoms with Crippen molar-refractivity contribution in [1.29, 1.82) is 0 Å². The van der Waals surface area contributed by atoms with E-state index in [1.54, 1.807) is 12.1 Å². The molecule has 0 aliphatic heterocycles. The number of hydrogen-bond acceptors (Lipinski definition) is 2. The lowest BCUT2D eigenvalue weighted by atomic mass is 10.2. The van der Waals surface area contributed by atoms with Crippen molar-refractivity contribution in [3.63, 3.8) is 0 Å². The van der Waals surface area contributed by atoms with E-state index in [1.165, 1.54) is 10.8 Å². The van der Waals surface area contributed by atoms with E-state index in [4.69, 9.17) is 4.74 Å². The van der Waals surface area contributed by atoms with Gasteiger partial charge in [0.15, 0.2) is 0 Å². The van der Waals surface area contributed by atoms with Gasteiger partial charge in [-0.05, 0) is 40.2 Å². The fourth-order valence-electron chi connectivity index (χ4n) is 1.98. The predicted molar refractivity (Wildman–Crippen MR) is 88.6 cm³/mol. The van der Waals surface area contributed by atoms with Crippen LogP contribution in [-0.2, 0) is 17.6 Å². The molecular formula is C15H17BrF3N2OSi. The number of nitrogens with zero attached hydrogens (tertiary/aromatic N) is 2. The summed E-state index contributed by atoms with van der Waals surface area (Å²) in [7, 11) is -0.402. The van der Waals surface area contributed by atoms with Gasteiger partial charge < -0.3 is 9.30 Å². The molecule has 0 unspecified atom stereocenters. The standard InChI is InChI=1S/C15H17BrF3N2OSi/c1-23(2)6-5-22-10-21-9-12(15(17,18)19)7-13(21)11-3-4-14(16)20-8-11/h3-4,7-9H,5-6,10H2,1-2H3. The quantitative estimate of drug-likeness (QED) is 0.381. The summed E-state index contributed by atoms with van der Waals surface area (Å²) in [4.78, 5) is 4.07. The maximum absolute atomic E-state index is 13.0. The van der Waals surface area contributed by atoms with Crippen LogP contribution >= 0.6 is 15.9 Å². The largest absolute Gasteiger partial charge is 0.417 e. The van der Waals surface area contributed by atoms with Crippen molar-refractivity contribution < 1.29 is 17.9 Å². The van der Waals surface area contributed by atoms with Crippen LogP contribution in [0.15, 0.2) is 35.2 Å². The Morgan fingerprint density at radius 3 is 2.61 bits per heavy atom. The second kappa shape index (κ2) is 7.63. The van der Waals surface area contributed by atoms with Crippen LogP contribution in [-0.4, -0.2) is 25.0 Å². The number of rotatable bonds is 6. The highest BCUT2D eigenvalue weighted by atomic mass is 79.9. The van der Waals surface area contributed by atoms with Crippen molar-refractivity contribution in [2.45, 2.75) is 32.0 Å². The van der Waals surface area contributed by atoms with E-state index in [2.05, 4.69) is 34.0 Å². The minimum atomic E-state index is -4.38. The number of ether oxygens (including phenoxy) is 1. The maximum Gasteiger partial charge on any atom is 0.417 e. The van der Waals surface area contributed by atoms with Crippen LogP contribution in [0.2, 0.25) is 19.1 Å². The molecule has 0 saturated heterocycles. The zero-order valence-electron chi connectivity index (χ0n) is 12.8. The molecule has 3 nitrogen and oxygen atoms in total. The molecule has 2 aromatic rings. The number of pyridine rings is 1. The highest BCUT2D eigenvalue weighted by Gasteiger charge is 2.32. The molecule has 0 N–H and O–H groups in total. The van der Waals surface area contributed by atoms with Crippen molar-refractivity contribution in [2.75, 3.05) is 6.61 Å². The van der Waals surface area contributed by atoms with E-state index < -0.39 is 20.5 Å². The number of hydrogen-bond donors (Lipinski definition) is 0. The Morgan fingerprint density at radius 2 is 2.04 bits per heavy atom. The molecule has 2 heterocycles. The van der Waals surface area contributed by atoms with Gasteiger partial charge in [0.1, 0.15) is 11.3 Å². The predicted octanol–water partition coefficient (Wildman–Crippen LogP) is 5.06. The summed E-state index contributed by atoms with van der Waals surface area (Å²) in [5.74, 6) is 0. The van der Waals surface area contributed by atoms with Crippen molar-refractivity contribution in [3.8, 4) is 11.3 Å². The fourth-order valence-corrected chi connectivity index (χ4v) is 2.77. The first kappa shape index (κ1) is 18.2. The SMILES string of the molecule is C[Si](C)CCOCn1cc(C(F)(F)F)cc1-c1ccc(Br)nc1. The average Bonchev–Trinajstić information content (AvgIpc) is 2.88. The molecule has 0 amide bonds. The van der Waals surface area contributed by atoms with Gasteiger partial charge in [0, 0.05) is 33.4 Å². The van der Waals surface area contributed by atoms with Crippen LogP contribution in [0.3, 0.4) is 0 Å². The zero-order chi connectivity index (χ0) is 17.0. The smallest absolute Gasteiger partial charge is 0.361 e. The van der Waals surface area contributed by atoms with Crippen LogP contribution in [0.1, 0.15) is 5.56 Å². The molecule has 23 heavy (non-hydrogen) atoms. The van der Waals surface area contributed by atoms with Crippen molar-refractivity contribution in [1.82, 2.24) is 9.55 Å². The third-order valence-electron chi connectivity index (χ3n) is 3.22. The summed E-state index contributed by atoms with van der Waals surface area (Å²) < 4.78 is 46.6. The molecule has 0 aliphatic carbocycles. The lowest BCUT2D eigenvalue weighted by Gasteiger charge is -2.10. The van der Waals surface area contributed by atoms with Gasteiger partial charge >= 0.3 is 6.18 Å². The van der Waals surface area contributed by atoms with Gasteiger partial charge in [0.25, 0.3) is 0 Å². The molecule has 0 atom stereocenters. The molecule has 0 fully saturated rings. The summed E-state index contributed by atoms with van der Waals surface area (Å²) in [6.07, 6.45) is -1.76. The Hall–Kier alpha value is -1.12. The molecule has 0 aliphatic rings. The van der Waals surface area contributed by atoms with E-state index in [0.29, 0.717) is 22.5 Å². The molecule has 125 valence electrons. The van der Waals surface area contributed by atoms with E-state index >= 15 is 0 Å². The Kier molecular flexibility index (Phi) is 6.04. The van der Waals surface area contributed by atoms with Gasteiger partial charge in [-0.3, -0.25) is 0 Å². The van der Waals surface area contributed by atoms with Crippen molar-refractivity contribution >= 4 is 24.7 Å². The third kappa shape index (κ3) is 5.19. The van der Waals surface area contributed by atoms with E-state index in [-0.39, 0.29) is 6.73 Å². The molecule has 2 rings (SSSR count). The molecule has 0 spiro atoms. The third-order valence-corrected chi connectivity index (χ3v) is 4.90. The van der Waals surface area contributed by atoms with Crippen LogP contribution in [0, 0.1) is 0 Å². The van der Waals surface area contributed by atoms with Crippen LogP contribution in [0.5, 0.6) is 0 Å². The zero-order valence-corrected chi connectivity index (χ0v) is 15.4. The highest BCUT2D eigenvalue weighted by molar-refractivity contribution is 9.10. The van der Waals surface area contributed by atoms with E-state index in [1.807, 2.05) is 0 Å². The Balaban J connectivity index is 2.24. The van der Waals surface area contributed by atoms with Gasteiger partial charge in [-0.1, -0.05) is 13.1 Å². The Bertz CT molecular complexity index is 641. The van der Waals surface area contributed by atoms with Crippen LogP contribution in [0.25, 0.3) is 11.3 Å². The maximum atomic E-state index is 13.0. The Morgan fingerprint density at radius 1 is 1.30 bits per heavy atom. The summed E-state index contributed by atoms with van der Waals surface area (Å²) in [6.45, 7) is 4.99. The van der Waals surface area contributed by atoms with Gasteiger partial charge in [-0.25, -0.2) is 4.98 Å². The van der Waals surface area contributed by atoms with Crippen molar-refractivity contribution in [2.24, 2.45) is 0 Å². The molecule has 0 bridgehead atoms. The van der Waals surface area contributed by atoms with E-state index in [9.17, 15) is 13.2 Å². The topological polar surface area (TPSA) is 27.1 Å². The average molecular weight is 406 g/mol. The fraction of sp³-hybridized carbons (Fsp3) is 0.400. The summed E-state index contributed by atoms with van der Waals surface area (Å²) in [5.41, 5.74) is 0.369. The molecule has 2 aromatic heterocycles. The summed E-state index contributed by atoms with van der Waals surface area (Å²) in [5, 5.41) is 0. The normalized spacial score (nSPS) is 12.1. The number of alkyl halides is 3. The Labute approximate surface area is 143 Å². The second-order valence-corrected chi connectivity index (χ2v) is 9.17. The lowest BCUT2D eigenvalue weighted by Crippen LogP contribution is -2.09. The van der Waals surface area contributed by atoms with Gasteiger partial charge in [-0.15, -0.1) is 0 Å². The monoisotopic (exact) mass is 405 g/mol. The van der Waals surface area contributed by atoms with Crippen LogP contribution < -0.4 is 0 Å². The van der Waals surface area contributed by atoms with Gasteiger partial charge in [-0.2, -0.15) is 13.2 Å². The summed E-state index contributed by atoms with van der Waals surface area (Å²) >= 11 is 3.22. The number of halogens is 4. The minimum Gasteiger partial charge on any atom is -0.361 e. The van der Waals surface area contributed by atoms with Gasteiger partial charge in [0.2, 0.25) is 0 Å². The first-order valence-electron chi connectivity index (χ1n) is 7.03. The molecule has 1 radical (unpaired) electrons. The highest BCUT2D eigenvalue weighted by Crippen LogP contribution is 2.34. The molecular weight excluding hydrogens is 389 g/mol. The molecule has 0 aromatic carbocycles. The van der Waals surface area contributed by atoms with Crippen molar-refractivity contribution in [3.05, 3.63) is 40.8 Å². The minimum absolute atomic E-state index is 0.0939. The van der Waals surface area contributed by atoms with E-state index in [0.717, 1.165) is 18.3 Å². The lowest BCUT2D eigenvalue weighted by molar-refractivity contribution is -0.137. The number of aromatic nitrogens is 2. The van der Waals surface area contributed by atoms with Gasteiger partial charge in [0.05, 0.1) is 11.3 Å². The molecule has 0 saturated carbocycles. The molecule has 8 heteroatoms. The van der Waals surface area contributed by atoms with Crippen LogP contribution in [0.4, 0.5) is 13.2 Å². The summed E-state index contributed by atoms with van der Waals surface area (Å²) in [6, 6.07) is 5.52. The first-order valence-corrected chi connectivity index (χ1v) is 10.5.